The largest absolute Gasteiger partial charge is 0.494 e. The van der Waals surface area contributed by atoms with Gasteiger partial charge in [-0.05, 0) is 38.0 Å². The van der Waals surface area contributed by atoms with Crippen LogP contribution in [0.2, 0.25) is 0 Å². The van der Waals surface area contributed by atoms with Gasteiger partial charge in [0, 0.05) is 19.8 Å². The molecule has 0 aromatic heterocycles. The topological polar surface area (TPSA) is 50.8 Å². The van der Waals surface area contributed by atoms with Crippen molar-refractivity contribution in [3.63, 3.8) is 0 Å². The number of rotatable bonds is 8. The minimum absolute atomic E-state index is 0.0465. The molecule has 5 nitrogen and oxygen atoms in total. The van der Waals surface area contributed by atoms with Crippen molar-refractivity contribution in [2.24, 2.45) is 0 Å². The highest BCUT2D eigenvalue weighted by molar-refractivity contribution is 5.80. The van der Waals surface area contributed by atoms with Crippen LogP contribution in [0.15, 0.2) is 24.3 Å². The second-order valence-electron chi connectivity index (χ2n) is 4.92. The summed E-state index contributed by atoms with van der Waals surface area (Å²) in [6, 6.07) is 7.91. The summed E-state index contributed by atoms with van der Waals surface area (Å²) < 4.78 is 10.8. The molecule has 0 bridgehead atoms. The van der Waals surface area contributed by atoms with Crippen molar-refractivity contribution in [3.8, 4) is 5.75 Å². The van der Waals surface area contributed by atoms with Crippen molar-refractivity contribution in [1.29, 1.82) is 0 Å². The first kappa shape index (κ1) is 15.8. The predicted octanol–water partition coefficient (Wildman–Crippen LogP) is 1.94. The minimum atomic E-state index is -0.0465. The van der Waals surface area contributed by atoms with E-state index in [0.717, 1.165) is 17.7 Å². The van der Waals surface area contributed by atoms with Gasteiger partial charge in [-0.2, -0.15) is 0 Å². The molecule has 116 valence electrons. The lowest BCUT2D eigenvalue weighted by Crippen LogP contribution is -2.31. The first-order valence-electron chi connectivity index (χ1n) is 7.59. The monoisotopic (exact) mass is 292 g/mol. The smallest absolute Gasteiger partial charge is 0.238 e. The van der Waals surface area contributed by atoms with Gasteiger partial charge in [-0.15, -0.1) is 0 Å². The predicted molar refractivity (Wildman–Crippen MR) is 81.2 cm³/mol. The number of carbonyl (C=O) groups excluding carboxylic acids is 1. The summed E-state index contributed by atoms with van der Waals surface area (Å²) in [7, 11) is 0. The molecule has 5 heteroatoms. The molecule has 1 aromatic rings. The maximum Gasteiger partial charge on any atom is 0.238 e. The zero-order valence-corrected chi connectivity index (χ0v) is 12.8. The van der Waals surface area contributed by atoms with E-state index in [4.69, 9.17) is 9.47 Å². The van der Waals surface area contributed by atoms with Gasteiger partial charge in [-0.3, -0.25) is 10.1 Å². The van der Waals surface area contributed by atoms with Gasteiger partial charge in [-0.25, -0.2) is 0 Å². The van der Waals surface area contributed by atoms with E-state index in [9.17, 15) is 4.79 Å². The standard InChI is InChI=1S/C16H24N2O3/c1-3-20-11-5-10-18-15(19)12-17-16(18)13-6-8-14(9-7-13)21-4-2/h6-9,16-17H,3-5,10-12H2,1-2H3. The molecule has 1 aliphatic heterocycles. The Morgan fingerprint density at radius 2 is 2.00 bits per heavy atom. The normalized spacial score (nSPS) is 18.3. The number of carbonyl (C=O) groups is 1. The van der Waals surface area contributed by atoms with E-state index in [1.165, 1.54) is 0 Å². The Balaban J connectivity index is 1.97. The second kappa shape index (κ2) is 8.00. The molecule has 1 amide bonds. The molecule has 0 aliphatic carbocycles. The number of amides is 1. The number of ether oxygens (including phenoxy) is 2. The van der Waals surface area contributed by atoms with Crippen molar-refractivity contribution >= 4 is 5.91 Å². The molecule has 21 heavy (non-hydrogen) atoms. The average Bonchev–Trinajstić information content (AvgIpc) is 2.86. The van der Waals surface area contributed by atoms with Gasteiger partial charge in [0.1, 0.15) is 11.9 Å². The molecule has 1 aliphatic rings. The summed E-state index contributed by atoms with van der Waals surface area (Å²) in [6.07, 6.45) is 0.809. The molecule has 0 radical (unpaired) electrons. The van der Waals surface area contributed by atoms with Crippen LogP contribution in [-0.2, 0) is 9.53 Å². The molecule has 1 atom stereocenters. The molecule has 1 N–H and O–H groups in total. The van der Waals surface area contributed by atoms with Gasteiger partial charge < -0.3 is 14.4 Å². The fourth-order valence-corrected chi connectivity index (χ4v) is 2.49. The van der Waals surface area contributed by atoms with Crippen LogP contribution in [0.3, 0.4) is 0 Å². The Labute approximate surface area is 126 Å². The van der Waals surface area contributed by atoms with E-state index in [1.54, 1.807) is 0 Å². The summed E-state index contributed by atoms with van der Waals surface area (Å²) >= 11 is 0. The van der Waals surface area contributed by atoms with Gasteiger partial charge in [-0.1, -0.05) is 12.1 Å². The highest BCUT2D eigenvalue weighted by atomic mass is 16.5. The Morgan fingerprint density at radius 1 is 1.24 bits per heavy atom. The minimum Gasteiger partial charge on any atom is -0.494 e. The van der Waals surface area contributed by atoms with Crippen molar-refractivity contribution < 1.29 is 14.3 Å². The fraction of sp³-hybridized carbons (Fsp3) is 0.562. The second-order valence-corrected chi connectivity index (χ2v) is 4.92. The van der Waals surface area contributed by atoms with Crippen molar-refractivity contribution in [2.45, 2.75) is 26.4 Å². The fourth-order valence-electron chi connectivity index (χ4n) is 2.49. The summed E-state index contributed by atoms with van der Waals surface area (Å²) in [5.41, 5.74) is 1.08. The molecule has 1 heterocycles. The van der Waals surface area contributed by atoms with Crippen LogP contribution >= 0.6 is 0 Å². The van der Waals surface area contributed by atoms with Crippen molar-refractivity contribution in [3.05, 3.63) is 29.8 Å². The van der Waals surface area contributed by atoms with E-state index >= 15 is 0 Å². The Morgan fingerprint density at radius 3 is 2.67 bits per heavy atom. The third-order valence-corrected chi connectivity index (χ3v) is 3.48. The van der Waals surface area contributed by atoms with Crippen LogP contribution < -0.4 is 10.1 Å². The van der Waals surface area contributed by atoms with Gasteiger partial charge in [0.15, 0.2) is 0 Å². The van der Waals surface area contributed by atoms with Crippen LogP contribution in [-0.4, -0.2) is 43.7 Å². The van der Waals surface area contributed by atoms with Gasteiger partial charge >= 0.3 is 0 Å². The van der Waals surface area contributed by atoms with Crippen LogP contribution in [0.5, 0.6) is 5.75 Å². The first-order chi connectivity index (χ1) is 10.3. The molecule has 0 spiro atoms. The molecule has 1 unspecified atom stereocenters. The van der Waals surface area contributed by atoms with E-state index < -0.39 is 0 Å². The maximum atomic E-state index is 12.0. The maximum absolute atomic E-state index is 12.0. The number of nitrogens with zero attached hydrogens (tertiary/aromatic N) is 1. The Bertz CT molecular complexity index is 447. The lowest BCUT2D eigenvalue weighted by atomic mass is 10.1. The molecule has 1 saturated heterocycles. The quantitative estimate of drug-likeness (QED) is 0.744. The molecular weight excluding hydrogens is 268 g/mol. The Hall–Kier alpha value is -1.59. The average molecular weight is 292 g/mol. The SMILES string of the molecule is CCOCCCN1C(=O)CNC1c1ccc(OCC)cc1. The highest BCUT2D eigenvalue weighted by Crippen LogP contribution is 2.24. The number of hydrogen-bond donors (Lipinski definition) is 1. The summed E-state index contributed by atoms with van der Waals surface area (Å²) in [6.45, 7) is 7.11. The summed E-state index contributed by atoms with van der Waals surface area (Å²) in [5, 5.41) is 3.26. The van der Waals surface area contributed by atoms with Gasteiger partial charge in [0.25, 0.3) is 0 Å². The Kier molecular flexibility index (Phi) is 6.02. The van der Waals surface area contributed by atoms with E-state index in [0.29, 0.717) is 32.9 Å². The zero-order valence-electron chi connectivity index (χ0n) is 12.8. The summed E-state index contributed by atoms with van der Waals surface area (Å²) in [4.78, 5) is 13.9. The third kappa shape index (κ3) is 4.19. The number of nitrogens with one attached hydrogen (secondary N) is 1. The third-order valence-electron chi connectivity index (χ3n) is 3.48. The lowest BCUT2D eigenvalue weighted by Gasteiger charge is -2.24. The van der Waals surface area contributed by atoms with Gasteiger partial charge in [0.05, 0.1) is 13.2 Å². The number of hydrogen-bond acceptors (Lipinski definition) is 4. The molecular formula is C16H24N2O3. The first-order valence-corrected chi connectivity index (χ1v) is 7.59. The molecule has 2 rings (SSSR count). The van der Waals surface area contributed by atoms with Crippen molar-refractivity contribution in [2.75, 3.05) is 32.9 Å². The van der Waals surface area contributed by atoms with Gasteiger partial charge in [0.2, 0.25) is 5.91 Å². The molecule has 1 fully saturated rings. The van der Waals surface area contributed by atoms with Crippen LogP contribution in [0.1, 0.15) is 32.0 Å². The lowest BCUT2D eigenvalue weighted by molar-refractivity contribution is -0.128. The van der Waals surface area contributed by atoms with E-state index in [1.807, 2.05) is 43.0 Å². The van der Waals surface area contributed by atoms with Crippen LogP contribution in [0, 0.1) is 0 Å². The van der Waals surface area contributed by atoms with E-state index in [-0.39, 0.29) is 12.1 Å². The van der Waals surface area contributed by atoms with Crippen molar-refractivity contribution in [1.82, 2.24) is 10.2 Å². The zero-order chi connectivity index (χ0) is 15.1. The van der Waals surface area contributed by atoms with Crippen LogP contribution in [0.4, 0.5) is 0 Å². The van der Waals surface area contributed by atoms with E-state index in [2.05, 4.69) is 5.32 Å². The molecule has 0 saturated carbocycles. The summed E-state index contributed by atoms with van der Waals surface area (Å²) in [5.74, 6) is 0.999. The highest BCUT2D eigenvalue weighted by Gasteiger charge is 2.30. The number of benzene rings is 1. The van der Waals surface area contributed by atoms with Crippen LogP contribution in [0.25, 0.3) is 0 Å². The molecule has 1 aromatic carbocycles.